The van der Waals surface area contributed by atoms with Crippen LogP contribution in [0.3, 0.4) is 0 Å². The van der Waals surface area contributed by atoms with Crippen LogP contribution in [-0.2, 0) is 10.0 Å². The highest BCUT2D eigenvalue weighted by Gasteiger charge is 2.20. The van der Waals surface area contributed by atoms with Crippen molar-refractivity contribution in [2.24, 2.45) is 0 Å². The summed E-state index contributed by atoms with van der Waals surface area (Å²) in [5.74, 6) is 0. The van der Waals surface area contributed by atoms with Gasteiger partial charge < -0.3 is 5.73 Å². The molecule has 98 valence electrons. The van der Waals surface area contributed by atoms with E-state index in [9.17, 15) is 8.42 Å². The van der Waals surface area contributed by atoms with Crippen LogP contribution in [-0.4, -0.2) is 31.5 Å². The quantitative estimate of drug-likeness (QED) is 0.830. The summed E-state index contributed by atoms with van der Waals surface area (Å²) in [6, 6.07) is 0. The third-order valence-electron chi connectivity index (χ3n) is 2.26. The number of nitrogens with zero attached hydrogens (tertiary/aromatic N) is 1. The van der Waals surface area contributed by atoms with Gasteiger partial charge in [0.25, 0.3) is 10.0 Å². The second kappa shape index (κ2) is 6.03. The number of sulfonamides is 1. The van der Waals surface area contributed by atoms with Gasteiger partial charge >= 0.3 is 0 Å². The van der Waals surface area contributed by atoms with Gasteiger partial charge in [-0.3, -0.25) is 0 Å². The molecule has 0 radical (unpaired) electrons. The van der Waals surface area contributed by atoms with Gasteiger partial charge in [-0.05, 0) is 19.6 Å². The molecule has 1 aromatic heterocycles. The molecule has 1 atom stereocenters. The number of rotatable bonds is 6. The zero-order valence-electron chi connectivity index (χ0n) is 10.1. The number of aromatic nitrogens is 1. The minimum Gasteiger partial charge on any atom is -0.375 e. The molecule has 0 fully saturated rings. The summed E-state index contributed by atoms with van der Waals surface area (Å²) in [5, 5.41) is 0.714. The van der Waals surface area contributed by atoms with Crippen LogP contribution in [0.25, 0.3) is 0 Å². The first kappa shape index (κ1) is 14.7. The van der Waals surface area contributed by atoms with Crippen LogP contribution >= 0.6 is 23.1 Å². The maximum atomic E-state index is 11.9. The summed E-state index contributed by atoms with van der Waals surface area (Å²) in [6.07, 6.45) is 2.81. The molecule has 0 aliphatic carbocycles. The van der Waals surface area contributed by atoms with Gasteiger partial charge in [-0.25, -0.2) is 18.1 Å². The van der Waals surface area contributed by atoms with Crippen molar-refractivity contribution >= 4 is 38.3 Å². The van der Waals surface area contributed by atoms with Crippen molar-refractivity contribution in [1.29, 1.82) is 0 Å². The average Bonchev–Trinajstić information content (AvgIpc) is 2.58. The first-order valence-corrected chi connectivity index (χ1v) is 8.71. The molecule has 0 saturated carbocycles. The lowest BCUT2D eigenvalue weighted by Gasteiger charge is -2.08. The molecular weight excluding hydrogens is 278 g/mol. The third-order valence-corrected chi connectivity index (χ3v) is 6.36. The first-order chi connectivity index (χ1) is 7.86. The van der Waals surface area contributed by atoms with Gasteiger partial charge in [0.15, 0.2) is 9.34 Å². The van der Waals surface area contributed by atoms with E-state index in [4.69, 9.17) is 5.73 Å². The number of aryl methyl sites for hydroxylation is 1. The van der Waals surface area contributed by atoms with Crippen molar-refractivity contribution in [1.82, 2.24) is 9.71 Å². The van der Waals surface area contributed by atoms with Crippen LogP contribution in [0.15, 0.2) is 4.21 Å². The van der Waals surface area contributed by atoms with E-state index >= 15 is 0 Å². The zero-order chi connectivity index (χ0) is 13.1. The van der Waals surface area contributed by atoms with Crippen molar-refractivity contribution in [3.05, 3.63) is 5.69 Å². The Morgan fingerprint density at radius 2 is 2.24 bits per heavy atom. The molecule has 0 aliphatic heterocycles. The number of thioether (sulfide) groups is 1. The van der Waals surface area contributed by atoms with Crippen LogP contribution in [0.1, 0.15) is 19.0 Å². The maximum absolute atomic E-state index is 11.9. The molecule has 1 heterocycles. The number of nitrogen functional groups attached to an aromatic ring is 1. The SMILES string of the molecule is CSC(C)CCNS(=O)(=O)c1sc(N)nc1C. The van der Waals surface area contributed by atoms with Gasteiger partial charge in [-0.2, -0.15) is 11.8 Å². The molecule has 1 aromatic rings. The molecule has 0 amide bonds. The summed E-state index contributed by atoms with van der Waals surface area (Å²) < 4.78 is 26.6. The van der Waals surface area contributed by atoms with Crippen LogP contribution in [0.2, 0.25) is 0 Å². The van der Waals surface area contributed by atoms with E-state index in [0.717, 1.165) is 17.8 Å². The minimum atomic E-state index is -3.46. The fourth-order valence-electron chi connectivity index (χ4n) is 1.23. The van der Waals surface area contributed by atoms with Crippen molar-refractivity contribution in [3.8, 4) is 0 Å². The summed E-state index contributed by atoms with van der Waals surface area (Å²) >= 11 is 2.71. The molecule has 0 aromatic carbocycles. The lowest BCUT2D eigenvalue weighted by atomic mass is 10.3. The number of hydrogen-bond donors (Lipinski definition) is 2. The monoisotopic (exact) mass is 295 g/mol. The van der Waals surface area contributed by atoms with Gasteiger partial charge in [0.1, 0.15) is 0 Å². The second-order valence-electron chi connectivity index (χ2n) is 3.66. The highest BCUT2D eigenvalue weighted by atomic mass is 32.2. The third kappa shape index (κ3) is 4.13. The summed E-state index contributed by atoms with van der Waals surface area (Å²) in [5.41, 5.74) is 5.94. The number of anilines is 1. The molecule has 3 N–H and O–H groups in total. The largest absolute Gasteiger partial charge is 0.375 e. The van der Waals surface area contributed by atoms with Crippen LogP contribution in [0.5, 0.6) is 0 Å². The molecule has 0 spiro atoms. The Kier molecular flexibility index (Phi) is 5.23. The Balaban J connectivity index is 2.66. The highest BCUT2D eigenvalue weighted by molar-refractivity contribution is 7.99. The minimum absolute atomic E-state index is 0.215. The lowest BCUT2D eigenvalue weighted by Crippen LogP contribution is -2.26. The summed E-state index contributed by atoms with van der Waals surface area (Å²) in [6.45, 7) is 4.14. The fraction of sp³-hybridized carbons (Fsp3) is 0.667. The van der Waals surface area contributed by atoms with Gasteiger partial charge in [0.2, 0.25) is 0 Å². The van der Waals surface area contributed by atoms with Crippen LogP contribution in [0.4, 0.5) is 5.13 Å². The van der Waals surface area contributed by atoms with E-state index in [2.05, 4.69) is 16.6 Å². The van der Waals surface area contributed by atoms with E-state index in [1.165, 1.54) is 0 Å². The molecule has 0 bridgehead atoms. The summed E-state index contributed by atoms with van der Waals surface area (Å²) in [4.78, 5) is 3.91. The average molecular weight is 295 g/mol. The second-order valence-corrected chi connectivity index (χ2v) is 7.93. The number of thiazole rings is 1. The van der Waals surface area contributed by atoms with E-state index in [0.29, 0.717) is 17.5 Å². The van der Waals surface area contributed by atoms with E-state index in [1.54, 1.807) is 18.7 Å². The molecule has 1 unspecified atom stereocenters. The molecule has 8 heteroatoms. The van der Waals surface area contributed by atoms with Crippen molar-refractivity contribution in [3.63, 3.8) is 0 Å². The highest BCUT2D eigenvalue weighted by Crippen LogP contribution is 2.24. The van der Waals surface area contributed by atoms with Crippen molar-refractivity contribution < 1.29 is 8.42 Å². The molecule has 5 nitrogen and oxygen atoms in total. The normalized spacial score (nSPS) is 13.8. The predicted octanol–water partition coefficient (Wildman–Crippen LogP) is 1.45. The van der Waals surface area contributed by atoms with E-state index in [-0.39, 0.29) is 9.34 Å². The Morgan fingerprint density at radius 1 is 1.59 bits per heavy atom. The molecule has 0 saturated heterocycles. The van der Waals surface area contributed by atoms with Gasteiger partial charge in [-0.1, -0.05) is 18.3 Å². The van der Waals surface area contributed by atoms with Crippen LogP contribution in [0, 0.1) is 6.92 Å². The number of hydrogen-bond acceptors (Lipinski definition) is 6. The van der Waals surface area contributed by atoms with Gasteiger partial charge in [0, 0.05) is 11.8 Å². The van der Waals surface area contributed by atoms with E-state index < -0.39 is 10.0 Å². The lowest BCUT2D eigenvalue weighted by molar-refractivity contribution is 0.580. The zero-order valence-corrected chi connectivity index (χ0v) is 12.5. The molecule has 0 aliphatic rings. The van der Waals surface area contributed by atoms with Crippen LogP contribution < -0.4 is 10.5 Å². The molecular formula is C9H17N3O2S3. The molecule has 17 heavy (non-hydrogen) atoms. The van der Waals surface area contributed by atoms with Gasteiger partial charge in [0.05, 0.1) is 5.69 Å². The fourth-order valence-corrected chi connectivity index (χ4v) is 3.98. The smallest absolute Gasteiger partial charge is 0.252 e. The van der Waals surface area contributed by atoms with E-state index in [1.807, 2.05) is 6.26 Å². The predicted molar refractivity (Wildman–Crippen MR) is 74.0 cm³/mol. The topological polar surface area (TPSA) is 85.1 Å². The standard InChI is InChI=1S/C9H17N3O2S3/c1-6(15-3)4-5-11-17(13,14)8-7(2)12-9(10)16-8/h6,11H,4-5H2,1-3H3,(H2,10,12). The Labute approximate surface area is 110 Å². The summed E-state index contributed by atoms with van der Waals surface area (Å²) in [7, 11) is -3.46. The Bertz CT molecular complexity index is 470. The molecule has 1 rings (SSSR count). The van der Waals surface area contributed by atoms with Crippen molar-refractivity contribution in [2.75, 3.05) is 18.5 Å². The first-order valence-electron chi connectivity index (χ1n) is 5.12. The number of nitrogens with one attached hydrogen (secondary N) is 1. The Morgan fingerprint density at radius 3 is 2.71 bits per heavy atom. The Hall–Kier alpha value is -0.310. The van der Waals surface area contributed by atoms with Gasteiger partial charge in [-0.15, -0.1) is 0 Å². The maximum Gasteiger partial charge on any atom is 0.252 e. The van der Waals surface area contributed by atoms with Crippen molar-refractivity contribution in [2.45, 2.75) is 29.7 Å². The number of nitrogens with two attached hydrogens (primary N) is 1.